The van der Waals surface area contributed by atoms with Crippen LogP contribution < -0.4 is 14.8 Å². The van der Waals surface area contributed by atoms with Gasteiger partial charge in [-0.2, -0.15) is 0 Å². The maximum atomic E-state index is 12.5. The number of carbonyl (C=O) groups is 1. The molecule has 3 aromatic rings. The molecule has 0 fully saturated rings. The number of anilines is 1. The van der Waals surface area contributed by atoms with Gasteiger partial charge in [0.15, 0.2) is 11.0 Å². The summed E-state index contributed by atoms with van der Waals surface area (Å²) < 4.78 is 12.7. The number of carbonyl (C=O) groups excluding carboxylic acids is 1. The standard InChI is InChI=1S/C21H24N4O3S/c1-14-7-5-6-8-18(14)22-20(26)15(2)29-21-24-23-19(25(21)3)13-28-17-11-9-16(27-4)10-12-17/h5-12,15H,13H2,1-4H3,(H,22,26)/t15-/m1/s1. The number of nitrogens with zero attached hydrogens (tertiary/aromatic N) is 3. The molecule has 0 saturated heterocycles. The largest absolute Gasteiger partial charge is 0.497 e. The Morgan fingerprint density at radius 1 is 1.14 bits per heavy atom. The van der Waals surface area contributed by atoms with Gasteiger partial charge in [-0.05, 0) is 49.7 Å². The van der Waals surface area contributed by atoms with E-state index < -0.39 is 0 Å². The molecule has 29 heavy (non-hydrogen) atoms. The number of nitrogens with one attached hydrogen (secondary N) is 1. The molecule has 0 saturated carbocycles. The lowest BCUT2D eigenvalue weighted by Crippen LogP contribution is -2.23. The van der Waals surface area contributed by atoms with Crippen LogP contribution in [0.3, 0.4) is 0 Å². The first-order valence-corrected chi connectivity index (χ1v) is 10.0. The number of amides is 1. The Bertz CT molecular complexity index is 972. The van der Waals surface area contributed by atoms with Crippen molar-refractivity contribution in [1.82, 2.24) is 14.8 Å². The Kier molecular flexibility index (Phi) is 6.77. The highest BCUT2D eigenvalue weighted by Crippen LogP contribution is 2.24. The lowest BCUT2D eigenvalue weighted by atomic mass is 10.2. The molecule has 0 aliphatic rings. The third kappa shape index (κ3) is 5.29. The van der Waals surface area contributed by atoms with Crippen molar-refractivity contribution in [1.29, 1.82) is 0 Å². The molecule has 2 aromatic carbocycles. The monoisotopic (exact) mass is 412 g/mol. The van der Waals surface area contributed by atoms with Crippen LogP contribution in [0.25, 0.3) is 0 Å². The summed E-state index contributed by atoms with van der Waals surface area (Å²) >= 11 is 1.36. The van der Waals surface area contributed by atoms with Crippen molar-refractivity contribution >= 4 is 23.4 Å². The number of para-hydroxylation sites is 1. The highest BCUT2D eigenvalue weighted by Gasteiger charge is 2.19. The molecular weight excluding hydrogens is 388 g/mol. The van der Waals surface area contributed by atoms with Crippen LogP contribution in [0.5, 0.6) is 11.5 Å². The fraction of sp³-hybridized carbons (Fsp3) is 0.286. The van der Waals surface area contributed by atoms with Crippen LogP contribution in [0, 0.1) is 6.92 Å². The van der Waals surface area contributed by atoms with Crippen LogP contribution in [-0.2, 0) is 18.4 Å². The molecule has 0 radical (unpaired) electrons. The van der Waals surface area contributed by atoms with Crippen LogP contribution in [0.4, 0.5) is 5.69 Å². The molecule has 1 N–H and O–H groups in total. The van der Waals surface area contributed by atoms with Crippen molar-refractivity contribution < 1.29 is 14.3 Å². The zero-order valence-electron chi connectivity index (χ0n) is 16.9. The normalized spacial score (nSPS) is 11.7. The molecule has 0 spiro atoms. The van der Waals surface area contributed by atoms with Gasteiger partial charge in [-0.1, -0.05) is 30.0 Å². The van der Waals surface area contributed by atoms with Gasteiger partial charge in [-0.25, -0.2) is 0 Å². The average Bonchev–Trinajstić information content (AvgIpc) is 3.07. The van der Waals surface area contributed by atoms with E-state index in [4.69, 9.17) is 9.47 Å². The summed E-state index contributed by atoms with van der Waals surface area (Å²) in [5.41, 5.74) is 1.84. The Hall–Kier alpha value is -3.00. The maximum absolute atomic E-state index is 12.5. The minimum absolute atomic E-state index is 0.0802. The van der Waals surface area contributed by atoms with E-state index in [0.29, 0.717) is 16.7 Å². The molecule has 7 nitrogen and oxygen atoms in total. The number of methoxy groups -OCH3 is 1. The van der Waals surface area contributed by atoms with Crippen molar-refractivity contribution in [3.05, 3.63) is 59.9 Å². The van der Waals surface area contributed by atoms with E-state index in [0.717, 1.165) is 17.0 Å². The van der Waals surface area contributed by atoms with Gasteiger partial charge in [0.1, 0.15) is 18.1 Å². The van der Waals surface area contributed by atoms with Gasteiger partial charge in [0.25, 0.3) is 0 Å². The summed E-state index contributed by atoms with van der Waals surface area (Å²) in [4.78, 5) is 12.5. The lowest BCUT2D eigenvalue weighted by Gasteiger charge is -2.13. The lowest BCUT2D eigenvalue weighted by molar-refractivity contribution is -0.115. The molecule has 8 heteroatoms. The van der Waals surface area contributed by atoms with Gasteiger partial charge >= 0.3 is 0 Å². The van der Waals surface area contributed by atoms with E-state index in [1.807, 2.05) is 74.0 Å². The predicted octanol–water partition coefficient (Wildman–Crippen LogP) is 3.83. The quantitative estimate of drug-likeness (QED) is 0.567. The van der Waals surface area contributed by atoms with E-state index in [1.165, 1.54) is 11.8 Å². The molecule has 0 unspecified atom stereocenters. The molecule has 1 amide bonds. The summed E-state index contributed by atoms with van der Waals surface area (Å²) in [7, 11) is 3.48. The van der Waals surface area contributed by atoms with E-state index >= 15 is 0 Å². The predicted molar refractivity (Wildman–Crippen MR) is 113 cm³/mol. The summed E-state index contributed by atoms with van der Waals surface area (Å²) in [6.07, 6.45) is 0. The fourth-order valence-electron chi connectivity index (χ4n) is 2.55. The van der Waals surface area contributed by atoms with Crippen molar-refractivity contribution in [3.63, 3.8) is 0 Å². The summed E-state index contributed by atoms with van der Waals surface area (Å²) in [6.45, 7) is 4.09. The third-order valence-electron chi connectivity index (χ3n) is 4.41. The fourth-order valence-corrected chi connectivity index (χ4v) is 3.39. The minimum atomic E-state index is -0.326. The molecular formula is C21H24N4O3S. The van der Waals surface area contributed by atoms with Gasteiger partial charge in [-0.15, -0.1) is 10.2 Å². The molecule has 0 aliphatic carbocycles. The maximum Gasteiger partial charge on any atom is 0.237 e. The molecule has 1 atom stereocenters. The number of benzene rings is 2. The number of hydrogen-bond acceptors (Lipinski definition) is 6. The topological polar surface area (TPSA) is 78.3 Å². The second kappa shape index (κ2) is 9.47. The molecule has 1 aromatic heterocycles. The first-order valence-electron chi connectivity index (χ1n) is 9.16. The van der Waals surface area contributed by atoms with Gasteiger partial charge in [0.05, 0.1) is 12.4 Å². The number of rotatable bonds is 8. The summed E-state index contributed by atoms with van der Waals surface area (Å²) in [6, 6.07) is 15.0. The highest BCUT2D eigenvalue weighted by atomic mass is 32.2. The van der Waals surface area contributed by atoms with Crippen molar-refractivity contribution in [2.45, 2.75) is 30.9 Å². The first kappa shape index (κ1) is 20.7. The number of aryl methyl sites for hydroxylation is 1. The second-order valence-electron chi connectivity index (χ2n) is 6.49. The zero-order chi connectivity index (χ0) is 20.8. The Morgan fingerprint density at radius 3 is 2.52 bits per heavy atom. The van der Waals surface area contributed by atoms with Gasteiger partial charge < -0.3 is 19.4 Å². The minimum Gasteiger partial charge on any atom is -0.497 e. The smallest absolute Gasteiger partial charge is 0.237 e. The Balaban J connectivity index is 1.58. The number of aromatic nitrogens is 3. The van der Waals surface area contributed by atoms with Crippen molar-refractivity contribution in [3.8, 4) is 11.5 Å². The molecule has 1 heterocycles. The summed E-state index contributed by atoms with van der Waals surface area (Å²) in [5.74, 6) is 2.08. The zero-order valence-corrected chi connectivity index (χ0v) is 17.7. The third-order valence-corrected chi connectivity index (χ3v) is 5.54. The number of thioether (sulfide) groups is 1. The van der Waals surface area contributed by atoms with Gasteiger partial charge in [0.2, 0.25) is 5.91 Å². The Labute approximate surface area is 174 Å². The Morgan fingerprint density at radius 2 is 1.83 bits per heavy atom. The average molecular weight is 413 g/mol. The van der Waals surface area contributed by atoms with Crippen LogP contribution >= 0.6 is 11.8 Å². The van der Waals surface area contributed by atoms with Crippen molar-refractivity contribution in [2.75, 3.05) is 12.4 Å². The van der Waals surface area contributed by atoms with Crippen LogP contribution in [0.2, 0.25) is 0 Å². The number of ether oxygens (including phenoxy) is 2. The SMILES string of the molecule is COc1ccc(OCc2nnc(S[C@H](C)C(=O)Nc3ccccc3C)n2C)cc1. The first-order chi connectivity index (χ1) is 14.0. The van der Waals surface area contributed by atoms with Crippen molar-refractivity contribution in [2.24, 2.45) is 7.05 Å². The van der Waals surface area contributed by atoms with Gasteiger partial charge in [0, 0.05) is 12.7 Å². The van der Waals surface area contributed by atoms with E-state index in [2.05, 4.69) is 15.5 Å². The van der Waals surface area contributed by atoms with E-state index in [1.54, 1.807) is 7.11 Å². The van der Waals surface area contributed by atoms with Crippen LogP contribution in [0.1, 0.15) is 18.3 Å². The highest BCUT2D eigenvalue weighted by molar-refractivity contribution is 8.00. The molecule has 0 bridgehead atoms. The van der Waals surface area contributed by atoms with E-state index in [-0.39, 0.29) is 17.8 Å². The number of hydrogen-bond donors (Lipinski definition) is 1. The van der Waals surface area contributed by atoms with Crippen LogP contribution in [0.15, 0.2) is 53.7 Å². The van der Waals surface area contributed by atoms with Gasteiger partial charge in [-0.3, -0.25) is 4.79 Å². The van der Waals surface area contributed by atoms with Crippen LogP contribution in [-0.4, -0.2) is 33.0 Å². The summed E-state index contributed by atoms with van der Waals surface area (Å²) in [5, 5.41) is 11.7. The van der Waals surface area contributed by atoms with E-state index in [9.17, 15) is 4.79 Å². The second-order valence-corrected chi connectivity index (χ2v) is 7.79. The molecule has 0 aliphatic heterocycles. The molecule has 152 valence electrons. The molecule has 3 rings (SSSR count).